The van der Waals surface area contributed by atoms with Crippen molar-refractivity contribution in [1.82, 2.24) is 5.32 Å². The predicted molar refractivity (Wildman–Crippen MR) is 79.6 cm³/mol. The van der Waals surface area contributed by atoms with Gasteiger partial charge in [-0.2, -0.15) is 0 Å². The van der Waals surface area contributed by atoms with E-state index in [1.165, 1.54) is 5.56 Å². The monoisotopic (exact) mass is 265 g/mol. The average Bonchev–Trinajstić information content (AvgIpc) is 2.45. The van der Waals surface area contributed by atoms with Crippen molar-refractivity contribution in [2.75, 3.05) is 26.8 Å². The molecule has 0 saturated carbocycles. The smallest absolute Gasteiger partial charge is 0.115 e. The van der Waals surface area contributed by atoms with E-state index in [2.05, 4.69) is 19.2 Å². The second-order valence-corrected chi connectivity index (χ2v) is 5.22. The third-order valence-electron chi connectivity index (χ3n) is 4.00. The van der Waals surface area contributed by atoms with Crippen LogP contribution in [0.25, 0.3) is 0 Å². The van der Waals surface area contributed by atoms with Crippen LogP contribution in [0, 0.1) is 5.41 Å². The van der Waals surface area contributed by atoms with Gasteiger partial charge in [-0.05, 0) is 42.4 Å². The minimum absolute atomic E-state index is 0.282. The Labute approximate surface area is 117 Å². The maximum absolute atomic E-state index is 9.34. The van der Waals surface area contributed by atoms with Crippen molar-refractivity contribution in [1.29, 1.82) is 0 Å². The average molecular weight is 265 g/mol. The second kappa shape index (κ2) is 8.18. The van der Waals surface area contributed by atoms with Crippen molar-refractivity contribution in [2.45, 2.75) is 33.1 Å². The quantitative estimate of drug-likeness (QED) is 0.674. The highest BCUT2D eigenvalue weighted by molar-refractivity contribution is 5.26. The molecule has 0 fully saturated rings. The van der Waals surface area contributed by atoms with Gasteiger partial charge in [0.15, 0.2) is 0 Å². The second-order valence-electron chi connectivity index (χ2n) is 5.22. The van der Waals surface area contributed by atoms with Crippen LogP contribution in [0.1, 0.15) is 32.3 Å². The standard InChI is InChI=1S/C16H27NO2/c1-4-16(5-2,13-17-10-11-19-3)12-14-6-8-15(18)9-7-14/h6-9,17-18H,4-5,10-13H2,1-3H3. The molecule has 19 heavy (non-hydrogen) atoms. The molecule has 108 valence electrons. The Kier molecular flexibility index (Phi) is 6.89. The maximum atomic E-state index is 9.34. The van der Waals surface area contributed by atoms with E-state index in [-0.39, 0.29) is 5.41 Å². The summed E-state index contributed by atoms with van der Waals surface area (Å²) in [6.45, 7) is 7.16. The Morgan fingerprint density at radius 1 is 1.16 bits per heavy atom. The molecule has 0 aliphatic rings. The van der Waals surface area contributed by atoms with Crippen LogP contribution in [-0.4, -0.2) is 31.9 Å². The highest BCUT2D eigenvalue weighted by Crippen LogP contribution is 2.30. The number of hydrogen-bond acceptors (Lipinski definition) is 3. The van der Waals surface area contributed by atoms with Crippen LogP contribution in [0.5, 0.6) is 5.75 Å². The zero-order valence-electron chi connectivity index (χ0n) is 12.4. The number of ether oxygens (including phenoxy) is 1. The highest BCUT2D eigenvalue weighted by Gasteiger charge is 2.25. The molecule has 0 spiro atoms. The van der Waals surface area contributed by atoms with E-state index in [4.69, 9.17) is 4.74 Å². The van der Waals surface area contributed by atoms with Crippen LogP contribution in [0.2, 0.25) is 0 Å². The fourth-order valence-corrected chi connectivity index (χ4v) is 2.39. The molecule has 0 aliphatic carbocycles. The summed E-state index contributed by atoms with van der Waals surface area (Å²) < 4.78 is 5.07. The molecule has 0 atom stereocenters. The summed E-state index contributed by atoms with van der Waals surface area (Å²) in [5.41, 5.74) is 1.57. The number of aromatic hydroxyl groups is 1. The van der Waals surface area contributed by atoms with E-state index in [1.54, 1.807) is 19.2 Å². The van der Waals surface area contributed by atoms with Gasteiger partial charge in [-0.1, -0.05) is 26.0 Å². The lowest BCUT2D eigenvalue weighted by atomic mass is 9.77. The van der Waals surface area contributed by atoms with Crippen LogP contribution in [0.3, 0.4) is 0 Å². The number of phenolic OH excluding ortho intramolecular Hbond substituents is 1. The van der Waals surface area contributed by atoms with Gasteiger partial charge in [-0.25, -0.2) is 0 Å². The maximum Gasteiger partial charge on any atom is 0.115 e. The largest absolute Gasteiger partial charge is 0.508 e. The van der Waals surface area contributed by atoms with E-state index in [9.17, 15) is 5.11 Å². The van der Waals surface area contributed by atoms with Gasteiger partial charge in [0.1, 0.15) is 5.75 Å². The highest BCUT2D eigenvalue weighted by atomic mass is 16.5. The lowest BCUT2D eigenvalue weighted by Gasteiger charge is -2.32. The van der Waals surface area contributed by atoms with E-state index < -0.39 is 0 Å². The fraction of sp³-hybridized carbons (Fsp3) is 0.625. The van der Waals surface area contributed by atoms with Crippen molar-refractivity contribution in [3.63, 3.8) is 0 Å². The Morgan fingerprint density at radius 2 is 1.79 bits per heavy atom. The number of nitrogens with one attached hydrogen (secondary N) is 1. The molecule has 0 saturated heterocycles. The predicted octanol–water partition coefficient (Wildman–Crippen LogP) is 2.98. The Balaban J connectivity index is 2.61. The molecule has 3 nitrogen and oxygen atoms in total. The van der Waals surface area contributed by atoms with Crippen molar-refractivity contribution < 1.29 is 9.84 Å². The van der Waals surface area contributed by atoms with Crippen LogP contribution in [-0.2, 0) is 11.2 Å². The van der Waals surface area contributed by atoms with Crippen molar-refractivity contribution >= 4 is 0 Å². The number of methoxy groups -OCH3 is 1. The molecule has 0 aromatic heterocycles. The van der Waals surface area contributed by atoms with Gasteiger partial charge in [0.2, 0.25) is 0 Å². The first-order valence-electron chi connectivity index (χ1n) is 7.13. The molecular formula is C16H27NO2. The Morgan fingerprint density at radius 3 is 2.32 bits per heavy atom. The normalized spacial score (nSPS) is 11.7. The van der Waals surface area contributed by atoms with Crippen molar-refractivity contribution in [2.24, 2.45) is 5.41 Å². The molecule has 0 bridgehead atoms. The van der Waals surface area contributed by atoms with Crippen molar-refractivity contribution in [3.05, 3.63) is 29.8 Å². The number of rotatable bonds is 9. The first-order chi connectivity index (χ1) is 9.15. The Hall–Kier alpha value is -1.06. The molecule has 3 heteroatoms. The van der Waals surface area contributed by atoms with Gasteiger partial charge in [0.25, 0.3) is 0 Å². The van der Waals surface area contributed by atoms with E-state index in [1.807, 2.05) is 12.1 Å². The van der Waals surface area contributed by atoms with Gasteiger partial charge < -0.3 is 15.2 Å². The summed E-state index contributed by atoms with van der Waals surface area (Å²) in [4.78, 5) is 0. The minimum atomic E-state index is 0.282. The van der Waals surface area contributed by atoms with Gasteiger partial charge in [0.05, 0.1) is 6.61 Å². The van der Waals surface area contributed by atoms with E-state index in [0.717, 1.165) is 39.0 Å². The SMILES string of the molecule is CCC(CC)(CNCCOC)Cc1ccc(O)cc1. The third kappa shape index (κ3) is 5.21. The summed E-state index contributed by atoms with van der Waals surface area (Å²) in [7, 11) is 1.73. The zero-order valence-corrected chi connectivity index (χ0v) is 12.4. The molecule has 0 unspecified atom stereocenters. The molecular weight excluding hydrogens is 238 g/mol. The lowest BCUT2D eigenvalue weighted by Crippen LogP contribution is -2.36. The summed E-state index contributed by atoms with van der Waals surface area (Å²) in [5.74, 6) is 0.334. The minimum Gasteiger partial charge on any atom is -0.508 e. The molecule has 0 aliphatic heterocycles. The Bertz CT molecular complexity index is 344. The topological polar surface area (TPSA) is 41.5 Å². The van der Waals surface area contributed by atoms with E-state index >= 15 is 0 Å². The fourth-order valence-electron chi connectivity index (χ4n) is 2.39. The molecule has 2 N–H and O–H groups in total. The van der Waals surface area contributed by atoms with Crippen molar-refractivity contribution in [3.8, 4) is 5.75 Å². The van der Waals surface area contributed by atoms with Crippen LogP contribution >= 0.6 is 0 Å². The number of hydrogen-bond donors (Lipinski definition) is 2. The summed E-state index contributed by atoms with van der Waals surface area (Å²) >= 11 is 0. The zero-order chi connectivity index (χ0) is 14.1. The van der Waals surface area contributed by atoms with Gasteiger partial charge in [-0.3, -0.25) is 0 Å². The van der Waals surface area contributed by atoms with Gasteiger partial charge in [-0.15, -0.1) is 0 Å². The first kappa shape index (κ1) is 16.0. The van der Waals surface area contributed by atoms with Gasteiger partial charge in [0, 0.05) is 20.2 Å². The van der Waals surface area contributed by atoms with Crippen LogP contribution in [0.4, 0.5) is 0 Å². The van der Waals surface area contributed by atoms with Crippen LogP contribution in [0.15, 0.2) is 24.3 Å². The molecule has 1 rings (SSSR count). The lowest BCUT2D eigenvalue weighted by molar-refractivity contribution is 0.185. The van der Waals surface area contributed by atoms with Crippen LogP contribution < -0.4 is 5.32 Å². The van der Waals surface area contributed by atoms with E-state index in [0.29, 0.717) is 5.75 Å². The third-order valence-corrected chi connectivity index (χ3v) is 4.00. The molecule has 0 heterocycles. The number of benzene rings is 1. The molecule has 0 radical (unpaired) electrons. The first-order valence-corrected chi connectivity index (χ1v) is 7.13. The van der Waals surface area contributed by atoms with Gasteiger partial charge >= 0.3 is 0 Å². The molecule has 1 aromatic carbocycles. The summed E-state index contributed by atoms with van der Waals surface area (Å²) in [6.07, 6.45) is 3.33. The summed E-state index contributed by atoms with van der Waals surface area (Å²) in [5, 5.41) is 12.8. The number of phenols is 1. The molecule has 1 aromatic rings. The molecule has 0 amide bonds. The summed E-state index contributed by atoms with van der Waals surface area (Å²) in [6, 6.07) is 7.57.